The SMILES string of the molecule is CC(C)Nc1nnccc1C(=O)O. The molecule has 1 aromatic rings. The number of nitrogens with zero attached hydrogens (tertiary/aromatic N) is 2. The lowest BCUT2D eigenvalue weighted by molar-refractivity contribution is 0.0697. The van der Waals surface area contributed by atoms with Gasteiger partial charge < -0.3 is 10.4 Å². The smallest absolute Gasteiger partial charge is 0.339 e. The van der Waals surface area contributed by atoms with Crippen molar-refractivity contribution in [3.8, 4) is 0 Å². The van der Waals surface area contributed by atoms with E-state index in [1.807, 2.05) is 13.8 Å². The lowest BCUT2D eigenvalue weighted by atomic mass is 10.2. The van der Waals surface area contributed by atoms with Crippen LogP contribution in [0.4, 0.5) is 5.82 Å². The van der Waals surface area contributed by atoms with Gasteiger partial charge in [0.1, 0.15) is 5.56 Å². The molecule has 0 aliphatic rings. The van der Waals surface area contributed by atoms with Gasteiger partial charge in [0.2, 0.25) is 0 Å². The Bertz CT molecular complexity index is 312. The standard InChI is InChI=1S/C8H11N3O2/c1-5(2)10-7-6(8(12)13)3-4-9-11-7/h3-5H,1-2H3,(H,10,11)(H,12,13). The highest BCUT2D eigenvalue weighted by atomic mass is 16.4. The summed E-state index contributed by atoms with van der Waals surface area (Å²) < 4.78 is 0. The molecule has 13 heavy (non-hydrogen) atoms. The van der Waals surface area contributed by atoms with E-state index in [2.05, 4.69) is 15.5 Å². The molecular formula is C8H11N3O2. The van der Waals surface area contributed by atoms with Gasteiger partial charge in [0.05, 0.1) is 6.20 Å². The Morgan fingerprint density at radius 1 is 1.62 bits per heavy atom. The molecule has 0 unspecified atom stereocenters. The van der Waals surface area contributed by atoms with Gasteiger partial charge in [0, 0.05) is 6.04 Å². The largest absolute Gasteiger partial charge is 0.478 e. The van der Waals surface area contributed by atoms with Gasteiger partial charge in [-0.1, -0.05) is 0 Å². The van der Waals surface area contributed by atoms with Crippen molar-refractivity contribution in [2.24, 2.45) is 0 Å². The summed E-state index contributed by atoms with van der Waals surface area (Å²) in [5.41, 5.74) is 0.142. The Morgan fingerprint density at radius 3 is 2.85 bits per heavy atom. The monoisotopic (exact) mass is 181 g/mol. The van der Waals surface area contributed by atoms with Crippen LogP contribution >= 0.6 is 0 Å². The van der Waals surface area contributed by atoms with Crippen LogP contribution in [0.25, 0.3) is 0 Å². The maximum Gasteiger partial charge on any atom is 0.339 e. The highest BCUT2D eigenvalue weighted by molar-refractivity contribution is 5.92. The fourth-order valence-electron chi connectivity index (χ4n) is 0.884. The number of hydrogen-bond donors (Lipinski definition) is 2. The first-order valence-electron chi connectivity index (χ1n) is 3.92. The van der Waals surface area contributed by atoms with Crippen molar-refractivity contribution in [3.05, 3.63) is 17.8 Å². The molecule has 0 spiro atoms. The predicted molar refractivity (Wildman–Crippen MR) is 47.8 cm³/mol. The van der Waals surface area contributed by atoms with Gasteiger partial charge in [0.25, 0.3) is 0 Å². The topological polar surface area (TPSA) is 75.1 Å². The molecule has 0 atom stereocenters. The molecule has 2 N–H and O–H groups in total. The van der Waals surface area contributed by atoms with E-state index in [-0.39, 0.29) is 11.6 Å². The quantitative estimate of drug-likeness (QED) is 0.727. The van der Waals surface area contributed by atoms with E-state index in [0.717, 1.165) is 0 Å². The number of carboxylic acids is 1. The number of rotatable bonds is 3. The number of carbonyl (C=O) groups is 1. The van der Waals surface area contributed by atoms with E-state index in [4.69, 9.17) is 5.11 Å². The molecule has 0 radical (unpaired) electrons. The molecule has 1 heterocycles. The molecule has 5 heteroatoms. The fraction of sp³-hybridized carbons (Fsp3) is 0.375. The van der Waals surface area contributed by atoms with E-state index in [9.17, 15) is 4.79 Å². The predicted octanol–water partition coefficient (Wildman–Crippen LogP) is 0.995. The van der Waals surface area contributed by atoms with E-state index >= 15 is 0 Å². The maximum atomic E-state index is 10.7. The zero-order valence-corrected chi connectivity index (χ0v) is 7.48. The van der Waals surface area contributed by atoms with Crippen LogP contribution in [0.15, 0.2) is 12.3 Å². The molecule has 0 aromatic carbocycles. The molecule has 0 saturated heterocycles. The second-order valence-electron chi connectivity index (χ2n) is 2.90. The molecular weight excluding hydrogens is 170 g/mol. The van der Waals surface area contributed by atoms with Crippen molar-refractivity contribution >= 4 is 11.8 Å². The van der Waals surface area contributed by atoms with E-state index in [1.165, 1.54) is 12.3 Å². The van der Waals surface area contributed by atoms with Crippen molar-refractivity contribution in [3.63, 3.8) is 0 Å². The molecule has 0 bridgehead atoms. The summed E-state index contributed by atoms with van der Waals surface area (Å²) in [6, 6.07) is 1.55. The zero-order valence-electron chi connectivity index (χ0n) is 7.48. The summed E-state index contributed by atoms with van der Waals surface area (Å²) in [5, 5.41) is 19.0. The minimum atomic E-state index is -1.00. The second-order valence-corrected chi connectivity index (χ2v) is 2.90. The lowest BCUT2D eigenvalue weighted by Gasteiger charge is -2.09. The number of nitrogens with one attached hydrogen (secondary N) is 1. The Labute approximate surface area is 75.8 Å². The van der Waals surface area contributed by atoms with Crippen molar-refractivity contribution in [2.75, 3.05) is 5.32 Å². The van der Waals surface area contributed by atoms with Crippen LogP contribution in [0.1, 0.15) is 24.2 Å². The van der Waals surface area contributed by atoms with Gasteiger partial charge in [0.15, 0.2) is 5.82 Å². The molecule has 0 saturated carbocycles. The molecule has 1 rings (SSSR count). The molecule has 0 amide bonds. The average Bonchev–Trinajstić information content (AvgIpc) is 2.03. The molecule has 0 fully saturated rings. The minimum Gasteiger partial charge on any atom is -0.478 e. The molecule has 1 aromatic heterocycles. The molecule has 0 aliphatic carbocycles. The number of anilines is 1. The van der Waals surface area contributed by atoms with Crippen LogP contribution in [-0.2, 0) is 0 Å². The van der Waals surface area contributed by atoms with E-state index < -0.39 is 5.97 Å². The number of aromatic nitrogens is 2. The molecule has 70 valence electrons. The van der Waals surface area contributed by atoms with Crippen LogP contribution < -0.4 is 5.32 Å². The minimum absolute atomic E-state index is 0.134. The maximum absolute atomic E-state index is 10.7. The van der Waals surface area contributed by atoms with Crippen molar-refractivity contribution < 1.29 is 9.90 Å². The van der Waals surface area contributed by atoms with Crippen LogP contribution in [0.2, 0.25) is 0 Å². The van der Waals surface area contributed by atoms with Crippen LogP contribution in [0.3, 0.4) is 0 Å². The highest BCUT2D eigenvalue weighted by Gasteiger charge is 2.11. The number of aromatic carboxylic acids is 1. The van der Waals surface area contributed by atoms with Crippen LogP contribution in [0.5, 0.6) is 0 Å². The summed E-state index contributed by atoms with van der Waals surface area (Å²) in [4.78, 5) is 10.7. The normalized spacial score (nSPS) is 10.1. The summed E-state index contributed by atoms with van der Waals surface area (Å²) in [6.45, 7) is 3.81. The van der Waals surface area contributed by atoms with E-state index in [0.29, 0.717) is 5.82 Å². The number of carboxylic acid groups (broad SMARTS) is 1. The average molecular weight is 181 g/mol. The zero-order chi connectivity index (χ0) is 9.84. The fourth-order valence-corrected chi connectivity index (χ4v) is 0.884. The van der Waals surface area contributed by atoms with Gasteiger partial charge in [-0.05, 0) is 19.9 Å². The Kier molecular flexibility index (Phi) is 2.79. The van der Waals surface area contributed by atoms with Gasteiger partial charge in [-0.15, -0.1) is 5.10 Å². The third-order valence-electron chi connectivity index (χ3n) is 1.38. The Hall–Kier alpha value is -1.65. The van der Waals surface area contributed by atoms with Crippen molar-refractivity contribution in [1.29, 1.82) is 0 Å². The summed E-state index contributed by atoms with van der Waals surface area (Å²) in [5.74, 6) is -0.692. The summed E-state index contributed by atoms with van der Waals surface area (Å²) >= 11 is 0. The van der Waals surface area contributed by atoms with Gasteiger partial charge in [-0.2, -0.15) is 5.10 Å². The van der Waals surface area contributed by atoms with Gasteiger partial charge in [-0.3, -0.25) is 0 Å². The van der Waals surface area contributed by atoms with Gasteiger partial charge in [-0.25, -0.2) is 4.79 Å². The lowest BCUT2D eigenvalue weighted by Crippen LogP contribution is -2.15. The van der Waals surface area contributed by atoms with Crippen molar-refractivity contribution in [2.45, 2.75) is 19.9 Å². The highest BCUT2D eigenvalue weighted by Crippen LogP contribution is 2.10. The Balaban J connectivity index is 2.98. The summed E-state index contributed by atoms with van der Waals surface area (Å²) in [7, 11) is 0. The second kappa shape index (κ2) is 3.84. The first-order valence-corrected chi connectivity index (χ1v) is 3.92. The van der Waals surface area contributed by atoms with Crippen LogP contribution in [0, 0.1) is 0 Å². The first kappa shape index (κ1) is 9.44. The Morgan fingerprint density at radius 2 is 2.31 bits per heavy atom. The van der Waals surface area contributed by atoms with Crippen molar-refractivity contribution in [1.82, 2.24) is 10.2 Å². The van der Waals surface area contributed by atoms with E-state index in [1.54, 1.807) is 0 Å². The van der Waals surface area contributed by atoms with Gasteiger partial charge >= 0.3 is 5.97 Å². The van der Waals surface area contributed by atoms with Crippen LogP contribution in [-0.4, -0.2) is 27.3 Å². The first-order chi connectivity index (χ1) is 6.11. The number of hydrogen-bond acceptors (Lipinski definition) is 4. The third kappa shape index (κ3) is 2.40. The molecule has 5 nitrogen and oxygen atoms in total. The molecule has 0 aliphatic heterocycles. The summed E-state index contributed by atoms with van der Waals surface area (Å²) in [6.07, 6.45) is 1.36. The third-order valence-corrected chi connectivity index (χ3v) is 1.38.